The van der Waals surface area contributed by atoms with Crippen LogP contribution in [0.4, 0.5) is 13.2 Å². The molecule has 6 aromatic rings. The zero-order valence-electron chi connectivity index (χ0n) is 24.5. The van der Waals surface area contributed by atoms with Gasteiger partial charge in [0.25, 0.3) is 0 Å². The molecule has 0 aliphatic carbocycles. The third-order valence-electron chi connectivity index (χ3n) is 8.58. The highest BCUT2D eigenvalue weighted by Gasteiger charge is 2.41. The lowest BCUT2D eigenvalue weighted by Gasteiger charge is -2.34. The van der Waals surface area contributed by atoms with Crippen molar-refractivity contribution >= 4 is 39.6 Å². The van der Waals surface area contributed by atoms with Gasteiger partial charge in [0.15, 0.2) is 14.3 Å². The van der Waals surface area contributed by atoms with E-state index >= 15 is 0 Å². The molecule has 43 heavy (non-hydrogen) atoms. The number of aromatic nitrogens is 1. The minimum absolute atomic E-state index is 0.280. The molecule has 0 fully saturated rings. The summed E-state index contributed by atoms with van der Waals surface area (Å²) in [6, 6.07) is 44.5. The van der Waals surface area contributed by atoms with Crippen molar-refractivity contribution in [1.29, 1.82) is 0 Å². The Morgan fingerprint density at radius 2 is 1.16 bits per heavy atom. The van der Waals surface area contributed by atoms with E-state index in [1.54, 1.807) is 12.1 Å². The number of alkyl halides is 3. The van der Waals surface area contributed by atoms with Gasteiger partial charge in [-0.25, -0.2) is 4.57 Å². The van der Waals surface area contributed by atoms with E-state index in [9.17, 15) is 13.2 Å². The molecule has 0 bridgehead atoms. The van der Waals surface area contributed by atoms with E-state index in [0.717, 1.165) is 33.2 Å². The van der Waals surface area contributed by atoms with Gasteiger partial charge in [-0.1, -0.05) is 109 Å². The highest BCUT2D eigenvalue weighted by Crippen LogP contribution is 2.32. The quantitative estimate of drug-likeness (QED) is 0.120. The minimum atomic E-state index is -4.27. The maximum atomic E-state index is 13.4. The Morgan fingerprint density at radius 1 is 0.628 bits per heavy atom. The van der Waals surface area contributed by atoms with E-state index < -0.39 is 20.7 Å². The molecule has 0 unspecified atom stereocenters. The largest absolute Gasteiger partial charge is 0.393 e. The molecule has 5 heteroatoms. The number of hydrogen-bond donors (Lipinski definition) is 0. The van der Waals surface area contributed by atoms with Crippen molar-refractivity contribution < 1.29 is 17.7 Å². The average molecular weight is 589 g/mol. The average Bonchev–Trinajstić information content (AvgIpc) is 3.00. The van der Waals surface area contributed by atoms with Crippen LogP contribution in [0.25, 0.3) is 22.0 Å². The smallest absolute Gasteiger partial charge is 0.200 e. The summed E-state index contributed by atoms with van der Waals surface area (Å²) in [4.78, 5) is 0. The van der Waals surface area contributed by atoms with Crippen LogP contribution in [-0.4, -0.2) is 14.3 Å². The van der Waals surface area contributed by atoms with Gasteiger partial charge in [-0.05, 0) is 68.8 Å². The first kappa shape index (κ1) is 28.6. The monoisotopic (exact) mass is 588 g/mol. The Labute approximate surface area is 251 Å². The van der Waals surface area contributed by atoms with E-state index in [2.05, 4.69) is 115 Å². The molecule has 6 rings (SSSR count). The second-order valence-corrected chi connectivity index (χ2v) is 15.1. The van der Waals surface area contributed by atoms with Gasteiger partial charge in [0, 0.05) is 6.07 Å². The Kier molecular flexibility index (Phi) is 7.53. The molecule has 1 nitrogen and oxygen atoms in total. The molecule has 5 aromatic carbocycles. The fraction of sp³-hybridized carbons (Fsp3) is 0.132. The molecule has 0 saturated carbocycles. The van der Waals surface area contributed by atoms with Crippen molar-refractivity contribution in [2.75, 3.05) is 0 Å². The topological polar surface area (TPSA) is 3.88 Å². The van der Waals surface area contributed by atoms with Gasteiger partial charge in [0.1, 0.15) is 7.05 Å². The summed E-state index contributed by atoms with van der Waals surface area (Å²) in [6.07, 6.45) is -3.20. The van der Waals surface area contributed by atoms with Crippen molar-refractivity contribution in [1.82, 2.24) is 0 Å². The second-order valence-electron chi connectivity index (χ2n) is 11.3. The Hall–Kier alpha value is -4.48. The Morgan fingerprint density at radius 3 is 1.67 bits per heavy atom. The van der Waals surface area contributed by atoms with Crippen molar-refractivity contribution in [2.45, 2.75) is 26.4 Å². The summed E-state index contributed by atoms with van der Waals surface area (Å²) in [5.41, 5.74) is 3.87. The van der Waals surface area contributed by atoms with Gasteiger partial charge < -0.3 is 0 Å². The first-order valence-corrected chi connectivity index (χ1v) is 16.4. The van der Waals surface area contributed by atoms with E-state index in [0.29, 0.717) is 0 Å². The molecule has 0 aliphatic heterocycles. The van der Waals surface area contributed by atoms with Crippen LogP contribution in [0.1, 0.15) is 16.7 Å². The fourth-order valence-corrected chi connectivity index (χ4v) is 11.3. The van der Waals surface area contributed by atoms with Crippen LogP contribution >= 0.6 is 0 Å². The molecule has 1 aromatic heterocycles. The van der Waals surface area contributed by atoms with Crippen LogP contribution in [0, 0.1) is 13.8 Å². The standard InChI is InChI=1S/C38H33F3NSi/c1-27-23-29(26-38(39,40)41)24-36(28(27)2)37-35-20-19-34(25-30(35)21-22-42(37)3)43(31-13-7-4-8-14-31,32-15-9-5-10-16-32)33-17-11-6-12-18-33/h4-25H,26H2,1-3H3/q+1. The van der Waals surface area contributed by atoms with E-state index in [1.165, 1.54) is 20.7 Å². The molecule has 0 atom stereocenters. The molecule has 0 amide bonds. The number of benzene rings is 5. The lowest BCUT2D eigenvalue weighted by molar-refractivity contribution is -0.659. The molecular weight excluding hydrogens is 556 g/mol. The van der Waals surface area contributed by atoms with Crippen molar-refractivity contribution in [3.63, 3.8) is 0 Å². The number of aryl methyl sites for hydroxylation is 2. The SMILES string of the molecule is Cc1cc(CC(F)(F)F)cc(-c2c3ccc([Si](c4ccccc4)(c4ccccc4)c4ccccc4)cc3cc[n+]2C)c1C. The van der Waals surface area contributed by atoms with Crippen LogP contribution < -0.4 is 25.3 Å². The first-order chi connectivity index (χ1) is 20.7. The number of rotatable bonds is 6. The molecule has 1 heterocycles. The van der Waals surface area contributed by atoms with Crippen molar-refractivity contribution in [3.8, 4) is 11.3 Å². The minimum Gasteiger partial charge on any atom is -0.200 e. The van der Waals surface area contributed by atoms with E-state index in [-0.39, 0.29) is 5.56 Å². The van der Waals surface area contributed by atoms with E-state index in [1.807, 2.05) is 31.7 Å². The number of halogens is 3. The highest BCUT2D eigenvalue weighted by molar-refractivity contribution is 7.20. The predicted molar refractivity (Wildman–Crippen MR) is 173 cm³/mol. The molecular formula is C38H33F3NSi+. The van der Waals surface area contributed by atoms with Gasteiger partial charge >= 0.3 is 6.18 Å². The Bertz CT molecular complexity index is 1800. The summed E-state index contributed by atoms with van der Waals surface area (Å²) in [5.74, 6) is 0. The van der Waals surface area contributed by atoms with Crippen LogP contribution in [0.2, 0.25) is 0 Å². The summed E-state index contributed by atoms with van der Waals surface area (Å²) >= 11 is 0. The number of fused-ring (bicyclic) bond motifs is 1. The summed E-state index contributed by atoms with van der Waals surface area (Å²) in [6.45, 7) is 3.88. The second kappa shape index (κ2) is 11.3. The van der Waals surface area contributed by atoms with E-state index in [4.69, 9.17) is 0 Å². The Balaban J connectivity index is 1.64. The zero-order chi connectivity index (χ0) is 30.2. The first-order valence-electron chi connectivity index (χ1n) is 14.4. The number of pyridine rings is 1. The van der Waals surface area contributed by atoms with Crippen molar-refractivity contribution in [2.24, 2.45) is 7.05 Å². The van der Waals surface area contributed by atoms with Crippen LogP contribution in [0.3, 0.4) is 0 Å². The maximum Gasteiger partial charge on any atom is 0.393 e. The molecule has 0 N–H and O–H groups in total. The predicted octanol–water partition coefficient (Wildman–Crippen LogP) is 6.43. The van der Waals surface area contributed by atoms with Crippen LogP contribution in [0.15, 0.2) is 134 Å². The molecule has 0 saturated heterocycles. The number of nitrogens with zero attached hydrogens (tertiary/aromatic N) is 1. The molecule has 0 spiro atoms. The summed E-state index contributed by atoms with van der Waals surface area (Å²) in [5, 5.41) is 7.20. The maximum absolute atomic E-state index is 13.4. The zero-order valence-corrected chi connectivity index (χ0v) is 25.5. The van der Waals surface area contributed by atoms with Gasteiger partial charge in [-0.3, -0.25) is 0 Å². The third kappa shape index (κ3) is 5.30. The lowest BCUT2D eigenvalue weighted by Crippen LogP contribution is -2.74. The lowest BCUT2D eigenvalue weighted by atomic mass is 9.93. The van der Waals surface area contributed by atoms with Crippen LogP contribution in [0.5, 0.6) is 0 Å². The molecule has 0 aliphatic rings. The van der Waals surface area contributed by atoms with Gasteiger partial charge in [-0.15, -0.1) is 0 Å². The third-order valence-corrected chi connectivity index (χ3v) is 13.4. The molecule has 0 radical (unpaired) electrons. The van der Waals surface area contributed by atoms with Crippen molar-refractivity contribution in [3.05, 3.63) is 150 Å². The number of hydrogen-bond acceptors (Lipinski definition) is 0. The molecule has 214 valence electrons. The summed E-state index contributed by atoms with van der Waals surface area (Å²) < 4.78 is 42.3. The van der Waals surface area contributed by atoms with Gasteiger partial charge in [0.2, 0.25) is 5.69 Å². The highest BCUT2D eigenvalue weighted by atomic mass is 28.3. The fourth-order valence-electron chi connectivity index (χ4n) is 6.52. The normalized spacial score (nSPS) is 12.0. The van der Waals surface area contributed by atoms with Gasteiger partial charge in [-0.2, -0.15) is 13.2 Å². The van der Waals surface area contributed by atoms with Crippen LogP contribution in [-0.2, 0) is 13.5 Å². The summed E-state index contributed by atoms with van der Waals surface area (Å²) in [7, 11) is -0.752. The van der Waals surface area contributed by atoms with Gasteiger partial charge in [0.05, 0.1) is 17.4 Å².